The molecule has 1 aromatic heterocycles. The normalized spacial score (nSPS) is 18.7. The third-order valence-electron chi connectivity index (χ3n) is 5.65. The summed E-state index contributed by atoms with van der Waals surface area (Å²) in [7, 11) is -3.43. The molecule has 0 radical (unpaired) electrons. The number of sulfonamides is 1. The van der Waals surface area contributed by atoms with E-state index in [1.807, 2.05) is 12.1 Å². The van der Waals surface area contributed by atoms with E-state index in [1.165, 1.54) is 0 Å². The van der Waals surface area contributed by atoms with Crippen molar-refractivity contribution in [2.45, 2.75) is 56.5 Å². The maximum atomic E-state index is 13.0. The highest BCUT2D eigenvalue weighted by Crippen LogP contribution is 2.31. The van der Waals surface area contributed by atoms with E-state index in [9.17, 15) is 8.42 Å². The lowest BCUT2D eigenvalue weighted by molar-refractivity contribution is 0.307. The van der Waals surface area contributed by atoms with Crippen molar-refractivity contribution in [2.24, 2.45) is 0 Å². The molecule has 0 atom stereocenters. The van der Waals surface area contributed by atoms with E-state index in [0.717, 1.165) is 49.7 Å². The predicted molar refractivity (Wildman–Crippen MR) is 110 cm³/mol. The molecule has 7 nitrogen and oxygen atoms in total. The number of halogens is 1. The second-order valence-electron chi connectivity index (χ2n) is 7.70. The Balaban J connectivity index is 0.00000225. The van der Waals surface area contributed by atoms with Gasteiger partial charge in [-0.05, 0) is 36.5 Å². The average molecular weight is 426 g/mol. The molecule has 9 heteroatoms. The van der Waals surface area contributed by atoms with Crippen LogP contribution in [0.2, 0.25) is 0 Å². The maximum absolute atomic E-state index is 13.0. The third-order valence-corrected chi connectivity index (χ3v) is 7.57. The monoisotopic (exact) mass is 425 g/mol. The second kappa shape index (κ2) is 8.49. The van der Waals surface area contributed by atoms with Gasteiger partial charge in [0.15, 0.2) is 0 Å². The lowest BCUT2D eigenvalue weighted by atomic mass is 9.97. The first-order valence-corrected chi connectivity index (χ1v) is 11.1. The van der Waals surface area contributed by atoms with E-state index in [1.54, 1.807) is 16.4 Å². The third kappa shape index (κ3) is 3.96. The quantitative estimate of drug-likeness (QED) is 0.813. The summed E-state index contributed by atoms with van der Waals surface area (Å²) in [5.41, 5.74) is 1.15. The number of nitrogens with one attached hydrogen (secondary N) is 1. The lowest BCUT2D eigenvalue weighted by Gasteiger charge is -2.31. The number of fused-ring (bicyclic) bond motifs is 1. The van der Waals surface area contributed by atoms with E-state index in [4.69, 9.17) is 0 Å². The molecule has 0 bridgehead atoms. The maximum Gasteiger partial charge on any atom is 0.243 e. The molecule has 1 N–H and O–H groups in total. The van der Waals surface area contributed by atoms with Crippen molar-refractivity contribution < 1.29 is 8.42 Å². The van der Waals surface area contributed by atoms with Gasteiger partial charge in [0.1, 0.15) is 11.6 Å². The Bertz CT molecular complexity index is 903. The van der Waals surface area contributed by atoms with Crippen LogP contribution in [0.25, 0.3) is 0 Å². The fraction of sp³-hybridized carbons (Fsp3) is 0.579. The Kier molecular flexibility index (Phi) is 6.44. The molecular weight excluding hydrogens is 398 g/mol. The van der Waals surface area contributed by atoms with Crippen molar-refractivity contribution >= 4 is 22.4 Å². The molecule has 2 aliphatic heterocycles. The molecule has 28 heavy (non-hydrogen) atoms. The highest BCUT2D eigenvalue weighted by Gasteiger charge is 2.32. The first-order valence-electron chi connectivity index (χ1n) is 9.69. The summed E-state index contributed by atoms with van der Waals surface area (Å²) in [5.74, 6) is 2.67. The fourth-order valence-electron chi connectivity index (χ4n) is 3.94. The zero-order chi connectivity index (χ0) is 19.0. The molecule has 0 unspecified atom stereocenters. The molecule has 0 aliphatic carbocycles. The zero-order valence-corrected chi connectivity index (χ0v) is 18.0. The average Bonchev–Trinajstić information content (AvgIpc) is 3.12. The van der Waals surface area contributed by atoms with Gasteiger partial charge in [-0.25, -0.2) is 8.42 Å². The summed E-state index contributed by atoms with van der Waals surface area (Å²) in [6, 6.07) is 7.30. The SMILES string of the molecule is CC(C)c1ccc(S(=O)(=O)N2CCC(c3nnc4n3CCNC4)CC2)cc1.Cl. The van der Waals surface area contributed by atoms with Crippen molar-refractivity contribution in [1.29, 1.82) is 0 Å². The van der Waals surface area contributed by atoms with Crippen LogP contribution < -0.4 is 5.32 Å². The van der Waals surface area contributed by atoms with E-state index >= 15 is 0 Å². The summed E-state index contributed by atoms with van der Waals surface area (Å²) < 4.78 is 29.8. The van der Waals surface area contributed by atoms with Gasteiger partial charge in [0, 0.05) is 32.1 Å². The predicted octanol–water partition coefficient (Wildman–Crippen LogP) is 2.49. The Morgan fingerprint density at radius 2 is 1.75 bits per heavy atom. The van der Waals surface area contributed by atoms with Gasteiger partial charge in [0.2, 0.25) is 10.0 Å². The number of hydrogen-bond acceptors (Lipinski definition) is 5. The first kappa shape index (κ1) is 21.2. The molecule has 2 aromatic rings. The minimum atomic E-state index is -3.43. The number of benzene rings is 1. The molecule has 154 valence electrons. The summed E-state index contributed by atoms with van der Waals surface area (Å²) in [6.45, 7) is 7.84. The van der Waals surface area contributed by atoms with Gasteiger partial charge in [-0.3, -0.25) is 0 Å². The van der Waals surface area contributed by atoms with E-state index in [-0.39, 0.29) is 18.3 Å². The Labute approximate surface area is 173 Å². The Morgan fingerprint density at radius 1 is 1.07 bits per heavy atom. The second-order valence-corrected chi connectivity index (χ2v) is 9.64. The van der Waals surface area contributed by atoms with Crippen LogP contribution in [0.15, 0.2) is 29.2 Å². The molecule has 2 aliphatic rings. The smallest absolute Gasteiger partial charge is 0.243 e. The summed E-state index contributed by atoms with van der Waals surface area (Å²) in [5, 5.41) is 12.0. The van der Waals surface area contributed by atoms with Gasteiger partial charge in [-0.1, -0.05) is 26.0 Å². The molecule has 0 spiro atoms. The Morgan fingerprint density at radius 3 is 2.39 bits per heavy atom. The number of rotatable bonds is 4. The summed E-state index contributed by atoms with van der Waals surface area (Å²) in [6.07, 6.45) is 1.57. The highest BCUT2D eigenvalue weighted by molar-refractivity contribution is 7.89. The molecular formula is C19H28ClN5O2S. The van der Waals surface area contributed by atoms with Crippen LogP contribution in [0.1, 0.15) is 55.7 Å². The first-order chi connectivity index (χ1) is 13.0. The van der Waals surface area contributed by atoms with Gasteiger partial charge in [0.25, 0.3) is 0 Å². The van der Waals surface area contributed by atoms with E-state index < -0.39 is 10.0 Å². The van der Waals surface area contributed by atoms with Crippen molar-refractivity contribution in [3.63, 3.8) is 0 Å². The number of hydrogen-bond donors (Lipinski definition) is 1. The zero-order valence-electron chi connectivity index (χ0n) is 16.3. The molecule has 1 saturated heterocycles. The van der Waals surface area contributed by atoms with Gasteiger partial charge < -0.3 is 9.88 Å². The minimum absolute atomic E-state index is 0. The summed E-state index contributed by atoms with van der Waals surface area (Å²) >= 11 is 0. The summed E-state index contributed by atoms with van der Waals surface area (Å²) in [4.78, 5) is 0.385. The van der Waals surface area contributed by atoms with Crippen molar-refractivity contribution in [2.75, 3.05) is 19.6 Å². The number of piperidine rings is 1. The van der Waals surface area contributed by atoms with Gasteiger partial charge >= 0.3 is 0 Å². The molecule has 1 fully saturated rings. The van der Waals surface area contributed by atoms with E-state index in [0.29, 0.717) is 23.9 Å². The van der Waals surface area contributed by atoms with Gasteiger partial charge in [0.05, 0.1) is 11.4 Å². The Hall–Kier alpha value is -1.48. The van der Waals surface area contributed by atoms with Crippen LogP contribution in [0, 0.1) is 0 Å². The van der Waals surface area contributed by atoms with Crippen LogP contribution in [-0.4, -0.2) is 47.1 Å². The van der Waals surface area contributed by atoms with Crippen molar-refractivity contribution in [3.8, 4) is 0 Å². The van der Waals surface area contributed by atoms with Crippen LogP contribution in [0.4, 0.5) is 0 Å². The van der Waals surface area contributed by atoms with E-state index in [2.05, 4.69) is 33.9 Å². The number of nitrogens with zero attached hydrogens (tertiary/aromatic N) is 4. The lowest BCUT2D eigenvalue weighted by Crippen LogP contribution is -2.38. The van der Waals surface area contributed by atoms with Crippen LogP contribution >= 0.6 is 12.4 Å². The number of aromatic nitrogens is 3. The topological polar surface area (TPSA) is 80.1 Å². The molecule has 4 rings (SSSR count). The standard InChI is InChI=1S/C19H27N5O2S.ClH/c1-14(2)15-3-5-17(6-4-15)27(25,26)23-10-7-16(8-11-23)19-22-21-18-13-20-9-12-24(18)19;/h3-6,14,16,20H,7-13H2,1-2H3;1H. The molecule has 0 amide bonds. The van der Waals surface area contributed by atoms with Gasteiger partial charge in [-0.2, -0.15) is 4.31 Å². The van der Waals surface area contributed by atoms with Crippen LogP contribution in [-0.2, 0) is 23.1 Å². The van der Waals surface area contributed by atoms with Crippen molar-refractivity contribution in [3.05, 3.63) is 41.5 Å². The van der Waals surface area contributed by atoms with Crippen LogP contribution in [0.3, 0.4) is 0 Å². The fourth-order valence-corrected chi connectivity index (χ4v) is 5.41. The largest absolute Gasteiger partial charge is 0.312 e. The van der Waals surface area contributed by atoms with Gasteiger partial charge in [-0.15, -0.1) is 22.6 Å². The molecule has 0 saturated carbocycles. The minimum Gasteiger partial charge on any atom is -0.312 e. The molecule has 1 aromatic carbocycles. The van der Waals surface area contributed by atoms with Crippen molar-refractivity contribution in [1.82, 2.24) is 24.4 Å². The van der Waals surface area contributed by atoms with Crippen LogP contribution in [0.5, 0.6) is 0 Å². The molecule has 3 heterocycles. The highest BCUT2D eigenvalue weighted by atomic mass is 35.5.